The van der Waals surface area contributed by atoms with Crippen molar-refractivity contribution in [3.63, 3.8) is 0 Å². The molecule has 0 heterocycles. The molecule has 4 nitrogen and oxygen atoms in total. The second-order valence-electron chi connectivity index (χ2n) is 0.827. The third-order valence-electron chi connectivity index (χ3n) is 0.205. The van der Waals surface area contributed by atoms with Crippen molar-refractivity contribution in [3.05, 3.63) is 0 Å². The van der Waals surface area contributed by atoms with Crippen molar-refractivity contribution in [2.75, 3.05) is 0 Å². The molecule has 0 aliphatic rings. The molecule has 1 amide bonds. The number of nitrogens with one attached hydrogen (secondary N) is 1. The van der Waals surface area contributed by atoms with E-state index in [4.69, 9.17) is 0 Å². The van der Waals surface area contributed by atoms with Crippen LogP contribution in [0.1, 0.15) is 0 Å². The van der Waals surface area contributed by atoms with Crippen molar-refractivity contribution in [1.29, 1.82) is 0 Å². The molecule has 48 valence electrons. The first-order valence-corrected chi connectivity index (χ1v) is 4.07. The van der Waals surface area contributed by atoms with Gasteiger partial charge in [-0.1, -0.05) is 0 Å². The molecule has 0 aromatic carbocycles. The topological polar surface area (TPSA) is 63.2 Å². The van der Waals surface area contributed by atoms with E-state index >= 15 is 0 Å². The fourth-order valence-corrected chi connectivity index (χ4v) is 0.975. The van der Waals surface area contributed by atoms with Gasteiger partial charge in [0.1, 0.15) is 5.24 Å². The minimum atomic E-state index is -3.95. The van der Waals surface area contributed by atoms with Crippen LogP contribution in [0.25, 0.3) is 0 Å². The summed E-state index contributed by atoms with van der Waals surface area (Å²) in [4.78, 5) is 9.70. The maximum absolute atomic E-state index is 9.81. The summed E-state index contributed by atoms with van der Waals surface area (Å²) in [5.74, 6) is 0. The van der Waals surface area contributed by atoms with E-state index in [1.807, 2.05) is 0 Å². The van der Waals surface area contributed by atoms with Gasteiger partial charge in [0.15, 0.2) is 0 Å². The Kier molecular flexibility index (Phi) is 2.45. The summed E-state index contributed by atoms with van der Waals surface area (Å²) in [6.45, 7) is 0. The van der Waals surface area contributed by atoms with E-state index in [0.717, 1.165) is 0 Å². The molecular formula is CHClNO3S2-. The predicted octanol–water partition coefficient (Wildman–Crippen LogP) is -0.274. The Bertz CT molecular complexity index is 183. The molecule has 0 rings (SSSR count). The highest BCUT2D eigenvalue weighted by Gasteiger charge is 1.98. The van der Waals surface area contributed by atoms with Gasteiger partial charge in [0.05, 0.1) is 0 Å². The Morgan fingerprint density at radius 1 is 1.62 bits per heavy atom. The van der Waals surface area contributed by atoms with Crippen LogP contribution in [-0.2, 0) is 21.9 Å². The van der Waals surface area contributed by atoms with Gasteiger partial charge < -0.3 is 17.4 Å². The zero-order valence-electron chi connectivity index (χ0n) is 3.42. The second kappa shape index (κ2) is 2.47. The molecule has 0 unspecified atom stereocenters. The van der Waals surface area contributed by atoms with Gasteiger partial charge in [0, 0.05) is 10.7 Å². The average Bonchev–Trinajstić information content (AvgIpc) is 1.21. The smallest absolute Gasteiger partial charge is 0.320 e. The van der Waals surface area contributed by atoms with Gasteiger partial charge in [0.2, 0.25) is 0 Å². The summed E-state index contributed by atoms with van der Waals surface area (Å²) in [7, 11) is 0.547. The zero-order valence-corrected chi connectivity index (χ0v) is 5.81. The van der Waals surface area contributed by atoms with Gasteiger partial charge in [-0.2, -0.15) is 8.42 Å². The maximum atomic E-state index is 9.81. The summed E-state index contributed by atoms with van der Waals surface area (Å²) < 4.78 is 20.9. The summed E-state index contributed by atoms with van der Waals surface area (Å²) >= 11 is 3.81. The van der Waals surface area contributed by atoms with Crippen LogP contribution in [0, 0.1) is 0 Å². The van der Waals surface area contributed by atoms with Crippen molar-refractivity contribution in [2.24, 2.45) is 0 Å². The molecule has 0 aromatic rings. The van der Waals surface area contributed by atoms with Crippen LogP contribution in [0.3, 0.4) is 0 Å². The Morgan fingerprint density at radius 3 is 2.00 bits per heavy atom. The van der Waals surface area contributed by atoms with Crippen LogP contribution in [0.4, 0.5) is 4.79 Å². The number of carbonyl (C=O) groups is 1. The number of carbonyl (C=O) groups excluding carboxylic acids is 1. The van der Waals surface area contributed by atoms with Crippen molar-refractivity contribution in [1.82, 2.24) is 4.72 Å². The monoisotopic (exact) mass is 174 g/mol. The van der Waals surface area contributed by atoms with Gasteiger partial charge in [-0.25, -0.2) is 0 Å². The number of rotatable bonds is 1. The molecule has 0 saturated carbocycles. The summed E-state index contributed by atoms with van der Waals surface area (Å²) in [6.07, 6.45) is 0. The minimum Gasteiger partial charge on any atom is -0.718 e. The van der Waals surface area contributed by atoms with Crippen LogP contribution < -0.4 is 4.72 Å². The first-order chi connectivity index (χ1) is 3.42. The highest BCUT2D eigenvalue weighted by atomic mass is 35.7. The van der Waals surface area contributed by atoms with Gasteiger partial charge >= 0.3 is 9.24 Å². The lowest BCUT2D eigenvalue weighted by Crippen LogP contribution is -2.22. The lowest BCUT2D eigenvalue weighted by atomic mass is 11.5. The Hall–Kier alpha value is -0.0700. The lowest BCUT2D eigenvalue weighted by molar-refractivity contribution is 0.265. The van der Waals surface area contributed by atoms with Crippen LogP contribution in [0.2, 0.25) is 0 Å². The van der Waals surface area contributed by atoms with Crippen LogP contribution in [-0.4, -0.2) is 13.7 Å². The minimum absolute atomic E-state index is 1.11. The molecule has 0 spiro atoms. The number of hydrogen-bond donors (Lipinski definition) is 1. The fraction of sp³-hybridized carbons (Fsp3) is 0. The van der Waals surface area contributed by atoms with E-state index in [-0.39, 0.29) is 0 Å². The van der Waals surface area contributed by atoms with Gasteiger partial charge in [-0.3, -0.25) is 4.72 Å². The van der Waals surface area contributed by atoms with E-state index in [1.54, 1.807) is 0 Å². The molecule has 0 saturated heterocycles. The summed E-state index contributed by atoms with van der Waals surface area (Å²) in [5, 5.41) is -1.11. The average molecular weight is 175 g/mol. The van der Waals surface area contributed by atoms with Crippen molar-refractivity contribution in [2.45, 2.75) is 0 Å². The molecule has 7 heteroatoms. The molecular weight excluding hydrogens is 174 g/mol. The Labute approximate surface area is 56.2 Å². The highest BCUT2D eigenvalue weighted by molar-refractivity contribution is 8.13. The van der Waals surface area contributed by atoms with E-state index in [0.29, 0.717) is 0 Å². The van der Waals surface area contributed by atoms with Gasteiger partial charge in [-0.15, -0.1) is 0 Å². The van der Waals surface area contributed by atoms with Gasteiger partial charge in [0.25, 0.3) is 0 Å². The molecule has 0 aliphatic heterocycles. The van der Waals surface area contributed by atoms with Crippen molar-refractivity contribution in [3.8, 4) is 0 Å². The van der Waals surface area contributed by atoms with E-state index in [2.05, 4.69) is 23.3 Å². The molecule has 0 bridgehead atoms. The van der Waals surface area contributed by atoms with E-state index in [1.165, 1.54) is 4.72 Å². The summed E-state index contributed by atoms with van der Waals surface area (Å²) in [6, 6.07) is 0. The molecule has 0 radical (unpaired) electrons. The predicted molar refractivity (Wildman–Crippen MR) is 30.7 cm³/mol. The molecule has 1 N–H and O–H groups in total. The molecule has 0 aromatic heterocycles. The van der Waals surface area contributed by atoms with Gasteiger partial charge in [-0.05, 0) is 0 Å². The highest BCUT2D eigenvalue weighted by Crippen LogP contribution is 1.87. The molecule has 0 aliphatic carbocycles. The first kappa shape index (κ1) is 7.93. The molecule has 8 heavy (non-hydrogen) atoms. The standard InChI is InChI=1S/CH2ClNO3S2/c2-8(5,6)3-1(4)7/h(H2,3,4,7)/p-1. The second-order valence-corrected chi connectivity index (χ2v) is 3.50. The molecule has 0 atom stereocenters. The largest absolute Gasteiger partial charge is 0.718 e. The first-order valence-electron chi connectivity index (χ1n) is 1.35. The molecule has 0 fully saturated rings. The SMILES string of the molecule is O=C([S-])NS(=O)(=O)Cl. The third kappa shape index (κ3) is 5.93. The quantitative estimate of drug-likeness (QED) is 0.439. The van der Waals surface area contributed by atoms with E-state index in [9.17, 15) is 13.2 Å². The lowest BCUT2D eigenvalue weighted by Gasteiger charge is -2.00. The van der Waals surface area contributed by atoms with Crippen molar-refractivity contribution < 1.29 is 13.2 Å². The fourth-order valence-electron chi connectivity index (χ4n) is 0.0995. The Morgan fingerprint density at radius 2 is 2.00 bits per heavy atom. The zero-order chi connectivity index (χ0) is 6.78. The van der Waals surface area contributed by atoms with E-state index < -0.39 is 14.5 Å². The maximum Gasteiger partial charge on any atom is 0.320 e. The van der Waals surface area contributed by atoms with Crippen molar-refractivity contribution >= 4 is 37.8 Å². The third-order valence-corrected chi connectivity index (χ3v) is 1.10. The Balaban J connectivity index is 3.95. The number of amides is 1. The summed E-state index contributed by atoms with van der Waals surface area (Å²) in [5.41, 5.74) is 0. The van der Waals surface area contributed by atoms with Crippen LogP contribution in [0.5, 0.6) is 0 Å². The normalized spacial score (nSPS) is 10.6. The number of halogens is 1. The van der Waals surface area contributed by atoms with Crippen LogP contribution >= 0.6 is 10.7 Å². The number of hydrogen-bond acceptors (Lipinski definition) is 4. The van der Waals surface area contributed by atoms with Crippen LogP contribution in [0.15, 0.2) is 0 Å².